The number of nitrogens with two attached hydrogens (primary N) is 1. The van der Waals surface area contributed by atoms with Crippen LogP contribution in [0.15, 0.2) is 6.33 Å². The third-order valence-corrected chi connectivity index (χ3v) is 5.99. The van der Waals surface area contributed by atoms with Gasteiger partial charge in [-0.05, 0) is 19.4 Å². The van der Waals surface area contributed by atoms with E-state index in [2.05, 4.69) is 26.5 Å². The molecule has 9 nitrogen and oxygen atoms in total. The number of hydrogen-bond acceptors (Lipinski definition) is 8. The summed E-state index contributed by atoms with van der Waals surface area (Å²) in [6, 6.07) is 1.63. The quantitative estimate of drug-likeness (QED) is 0.509. The molecule has 4 rings (SSSR count). The number of nitriles is 1. The largest absolute Gasteiger partial charge is 0.496 e. The molecule has 184 valence electrons. The Morgan fingerprint density at radius 2 is 1.85 bits per heavy atom. The molecule has 3 heterocycles. The molecule has 0 saturated carbocycles. The fraction of sp³-hybridized carbons (Fsp3) is 0.429. The average molecular weight is 516 g/mol. The zero-order valence-corrected chi connectivity index (χ0v) is 20.6. The number of halogens is 4. The van der Waals surface area contributed by atoms with Crippen LogP contribution in [0.4, 0.5) is 14.6 Å². The molecule has 1 unspecified atom stereocenters. The van der Waals surface area contributed by atoms with Crippen molar-refractivity contribution in [3.05, 3.63) is 34.3 Å². The van der Waals surface area contributed by atoms with Crippen molar-refractivity contribution in [2.75, 3.05) is 33.0 Å². The highest BCUT2D eigenvalue weighted by Gasteiger charge is 2.35. The lowest BCUT2D eigenvalue weighted by atomic mass is 9.84. The van der Waals surface area contributed by atoms with E-state index in [1.165, 1.54) is 25.2 Å². The zero-order valence-electron chi connectivity index (χ0n) is 18.9. The van der Waals surface area contributed by atoms with Crippen molar-refractivity contribution in [3.63, 3.8) is 0 Å². The number of hydrogen-bond donors (Lipinski definition) is 2. The van der Waals surface area contributed by atoms with Gasteiger partial charge in [-0.25, -0.2) is 23.4 Å². The molecule has 13 heteroatoms. The Bertz CT molecular complexity index is 1240. The van der Waals surface area contributed by atoms with Crippen LogP contribution >= 0.6 is 24.8 Å². The topological polar surface area (TPSA) is 124 Å². The highest BCUT2D eigenvalue weighted by molar-refractivity contribution is 5.88. The maximum absolute atomic E-state index is 13.7. The molecular formula is C21H25Cl2F2N7O2. The minimum absolute atomic E-state index is 0. The molecule has 0 amide bonds. The van der Waals surface area contributed by atoms with E-state index in [0.29, 0.717) is 41.3 Å². The van der Waals surface area contributed by atoms with E-state index in [9.17, 15) is 14.0 Å². The number of ether oxygens (including phenoxy) is 2. The van der Waals surface area contributed by atoms with Gasteiger partial charge in [-0.2, -0.15) is 10.4 Å². The summed E-state index contributed by atoms with van der Waals surface area (Å²) in [6.45, 7) is 4.99. The SMILES string of the molecule is COc1c(C#N)c(C)c(C(C)n2nc(C(F)F)c3c(N)ncnc32)c(OC)c1C1CNC1.Cl.Cl. The van der Waals surface area contributed by atoms with Crippen LogP contribution in [0.2, 0.25) is 0 Å². The van der Waals surface area contributed by atoms with Crippen molar-refractivity contribution < 1.29 is 18.3 Å². The molecule has 1 fully saturated rings. The van der Waals surface area contributed by atoms with Gasteiger partial charge in [0.25, 0.3) is 6.43 Å². The Kier molecular flexibility index (Phi) is 8.47. The van der Waals surface area contributed by atoms with Crippen molar-refractivity contribution in [2.24, 2.45) is 0 Å². The van der Waals surface area contributed by atoms with Gasteiger partial charge in [0, 0.05) is 30.1 Å². The molecular weight excluding hydrogens is 491 g/mol. The van der Waals surface area contributed by atoms with Crippen LogP contribution in [0.3, 0.4) is 0 Å². The number of methoxy groups -OCH3 is 2. The van der Waals surface area contributed by atoms with Gasteiger partial charge in [-0.1, -0.05) is 0 Å². The second-order valence-electron chi connectivity index (χ2n) is 7.62. The number of nitrogens with zero attached hydrogens (tertiary/aromatic N) is 5. The van der Waals surface area contributed by atoms with Crippen LogP contribution in [0.25, 0.3) is 11.0 Å². The Morgan fingerprint density at radius 3 is 2.35 bits per heavy atom. The van der Waals surface area contributed by atoms with Crippen LogP contribution in [-0.2, 0) is 0 Å². The summed E-state index contributed by atoms with van der Waals surface area (Å²) in [7, 11) is 3.06. The van der Waals surface area contributed by atoms with Crippen molar-refractivity contribution in [3.8, 4) is 17.6 Å². The number of benzene rings is 1. The van der Waals surface area contributed by atoms with Crippen LogP contribution in [0.1, 0.15) is 53.3 Å². The van der Waals surface area contributed by atoms with Crippen molar-refractivity contribution in [2.45, 2.75) is 32.2 Å². The van der Waals surface area contributed by atoms with Crippen LogP contribution in [0, 0.1) is 18.3 Å². The second kappa shape index (κ2) is 10.5. The highest BCUT2D eigenvalue weighted by Crippen LogP contribution is 2.47. The molecule has 1 aliphatic rings. The number of fused-ring (bicyclic) bond motifs is 1. The minimum Gasteiger partial charge on any atom is -0.496 e. The number of anilines is 1. The summed E-state index contributed by atoms with van der Waals surface area (Å²) < 4.78 is 40.3. The number of aromatic nitrogens is 4. The number of rotatable bonds is 6. The predicted octanol–water partition coefficient (Wildman–Crippen LogP) is 3.68. The Labute approximate surface area is 207 Å². The molecule has 3 aromatic rings. The molecule has 0 aliphatic carbocycles. The van der Waals surface area contributed by atoms with E-state index in [1.54, 1.807) is 13.8 Å². The normalized spacial score (nSPS) is 14.1. The van der Waals surface area contributed by atoms with Gasteiger partial charge >= 0.3 is 0 Å². The average Bonchev–Trinajstić information content (AvgIpc) is 3.13. The van der Waals surface area contributed by atoms with Gasteiger partial charge < -0.3 is 20.5 Å². The summed E-state index contributed by atoms with van der Waals surface area (Å²) in [6.07, 6.45) is -1.65. The van der Waals surface area contributed by atoms with Gasteiger partial charge in [0.05, 0.1) is 31.2 Å². The summed E-state index contributed by atoms with van der Waals surface area (Å²) in [5, 5.41) is 17.3. The van der Waals surface area contributed by atoms with E-state index >= 15 is 0 Å². The highest BCUT2D eigenvalue weighted by atomic mass is 35.5. The summed E-state index contributed by atoms with van der Waals surface area (Å²) in [4.78, 5) is 8.02. The van der Waals surface area contributed by atoms with E-state index in [1.807, 2.05) is 0 Å². The lowest BCUT2D eigenvalue weighted by molar-refractivity contribution is 0.146. The third kappa shape index (κ3) is 4.06. The van der Waals surface area contributed by atoms with Crippen molar-refractivity contribution in [1.82, 2.24) is 25.1 Å². The maximum Gasteiger partial charge on any atom is 0.282 e. The molecule has 1 atom stereocenters. The monoisotopic (exact) mass is 515 g/mol. The standard InChI is InChI=1S/C21H23F2N7O2.2ClH/c1-9-12(5-24)17(31-3)14(11-6-26-7-11)18(32-4)13(9)10(2)30-21-15(16(29-30)19(22)23)20(25)27-8-28-21;;/h8,10-11,19,26H,6-7H2,1-4H3,(H2,25,27,28);2*1H. The molecule has 1 aromatic carbocycles. The molecule has 34 heavy (non-hydrogen) atoms. The summed E-state index contributed by atoms with van der Waals surface area (Å²) in [5.74, 6) is 1.03. The predicted molar refractivity (Wildman–Crippen MR) is 128 cm³/mol. The molecule has 1 aliphatic heterocycles. The molecule has 0 bridgehead atoms. The van der Waals surface area contributed by atoms with Gasteiger partial charge in [-0.15, -0.1) is 24.8 Å². The lowest BCUT2D eigenvalue weighted by Gasteiger charge is -2.33. The molecule has 2 aromatic heterocycles. The van der Waals surface area contributed by atoms with Gasteiger partial charge in [0.15, 0.2) is 5.65 Å². The van der Waals surface area contributed by atoms with Crippen molar-refractivity contribution in [1.29, 1.82) is 5.26 Å². The van der Waals surface area contributed by atoms with Crippen molar-refractivity contribution >= 4 is 41.7 Å². The first-order valence-corrected chi connectivity index (χ1v) is 10.0. The molecule has 0 radical (unpaired) electrons. The number of nitrogens with one attached hydrogen (secondary N) is 1. The Hall–Kier alpha value is -2.94. The first-order chi connectivity index (χ1) is 15.3. The van der Waals surface area contributed by atoms with Crippen LogP contribution in [-0.4, -0.2) is 47.1 Å². The molecule has 1 saturated heterocycles. The Balaban J connectivity index is 0.00000204. The first-order valence-electron chi connectivity index (χ1n) is 10.0. The maximum atomic E-state index is 13.7. The van der Waals surface area contributed by atoms with Crippen LogP contribution in [0.5, 0.6) is 11.5 Å². The number of nitrogen functional groups attached to an aromatic ring is 1. The van der Waals surface area contributed by atoms with Gasteiger partial charge in [0.2, 0.25) is 0 Å². The van der Waals surface area contributed by atoms with Gasteiger partial charge in [-0.3, -0.25) is 0 Å². The minimum atomic E-state index is -2.86. The number of alkyl halides is 2. The fourth-order valence-corrected chi connectivity index (χ4v) is 4.36. The lowest BCUT2D eigenvalue weighted by Crippen LogP contribution is -2.40. The van der Waals surface area contributed by atoms with E-state index in [4.69, 9.17) is 15.2 Å². The van der Waals surface area contributed by atoms with E-state index < -0.39 is 18.2 Å². The first kappa shape index (κ1) is 27.3. The van der Waals surface area contributed by atoms with E-state index in [0.717, 1.165) is 5.56 Å². The second-order valence-corrected chi connectivity index (χ2v) is 7.62. The summed E-state index contributed by atoms with van der Waals surface area (Å²) >= 11 is 0. The Morgan fingerprint density at radius 1 is 1.21 bits per heavy atom. The smallest absolute Gasteiger partial charge is 0.282 e. The zero-order chi connectivity index (χ0) is 23.2. The van der Waals surface area contributed by atoms with Gasteiger partial charge in [0.1, 0.15) is 35.4 Å². The fourth-order valence-electron chi connectivity index (χ4n) is 4.36. The summed E-state index contributed by atoms with van der Waals surface area (Å²) in [5.41, 5.74) is 7.99. The molecule has 3 N–H and O–H groups in total. The molecule has 0 spiro atoms. The third-order valence-electron chi connectivity index (χ3n) is 5.99. The van der Waals surface area contributed by atoms with Crippen LogP contribution < -0.4 is 20.5 Å². The van der Waals surface area contributed by atoms with E-state index in [-0.39, 0.29) is 47.6 Å².